The summed E-state index contributed by atoms with van der Waals surface area (Å²) in [5.41, 5.74) is 4.33. The van der Waals surface area contributed by atoms with E-state index >= 15 is 0 Å². The van der Waals surface area contributed by atoms with Crippen molar-refractivity contribution in [2.24, 2.45) is 0 Å². The van der Waals surface area contributed by atoms with Crippen molar-refractivity contribution in [3.63, 3.8) is 0 Å². The van der Waals surface area contributed by atoms with E-state index in [1.165, 1.54) is 0 Å². The first-order chi connectivity index (χ1) is 19.5. The molecule has 2 aromatic carbocycles. The summed E-state index contributed by atoms with van der Waals surface area (Å²) in [5.74, 6) is -1.03. The summed E-state index contributed by atoms with van der Waals surface area (Å²) < 4.78 is 5.17. The molecule has 1 heterocycles. The molecule has 4 amide bonds. The lowest BCUT2D eigenvalue weighted by Crippen LogP contribution is -2.48. The molecule has 0 aliphatic carbocycles. The molecule has 0 saturated heterocycles. The number of ether oxygens (including phenoxy) is 1. The van der Waals surface area contributed by atoms with Crippen LogP contribution in [0.15, 0.2) is 60.8 Å². The molecule has 0 spiro atoms. The largest absolute Gasteiger partial charge is 0.445 e. The number of hydrogen-bond donors (Lipinski definition) is 6. The molecule has 0 aliphatic heterocycles. The molecule has 1 aromatic heterocycles. The highest BCUT2D eigenvalue weighted by Gasteiger charge is 2.22. The Kier molecular flexibility index (Phi) is 12.5. The number of nitrogens with one attached hydrogen (secondary N) is 5. The normalized spacial score (nSPS) is 11.4. The smallest absolute Gasteiger partial charge is 0.407 e. The van der Waals surface area contributed by atoms with Crippen LogP contribution in [0.25, 0.3) is 10.9 Å². The van der Waals surface area contributed by atoms with E-state index in [4.69, 9.17) is 9.94 Å². The van der Waals surface area contributed by atoms with Gasteiger partial charge in [0.05, 0.1) is 0 Å². The van der Waals surface area contributed by atoms with Crippen LogP contribution in [-0.2, 0) is 32.1 Å². The van der Waals surface area contributed by atoms with Crippen LogP contribution < -0.4 is 21.4 Å². The highest BCUT2D eigenvalue weighted by Crippen LogP contribution is 2.19. The molecule has 0 fully saturated rings. The van der Waals surface area contributed by atoms with Gasteiger partial charge >= 0.3 is 6.09 Å². The monoisotopic (exact) mass is 551 g/mol. The first kappa shape index (κ1) is 30.2. The number of alkyl carbamates (subject to hydrolysis) is 1. The van der Waals surface area contributed by atoms with Crippen LogP contribution >= 0.6 is 0 Å². The average Bonchev–Trinajstić information content (AvgIpc) is 3.38. The molecule has 0 saturated carbocycles. The van der Waals surface area contributed by atoms with Crippen LogP contribution in [-0.4, -0.2) is 53.1 Å². The number of H-pyrrole nitrogens is 1. The zero-order chi connectivity index (χ0) is 28.6. The third kappa shape index (κ3) is 10.4. The predicted molar refractivity (Wildman–Crippen MR) is 149 cm³/mol. The minimum Gasteiger partial charge on any atom is -0.445 e. The number of carbonyl (C=O) groups excluding carboxylic acids is 4. The molecule has 3 aromatic rings. The van der Waals surface area contributed by atoms with E-state index in [0.717, 1.165) is 22.0 Å². The first-order valence-corrected chi connectivity index (χ1v) is 13.5. The van der Waals surface area contributed by atoms with E-state index in [1.54, 1.807) is 5.48 Å². The molecular formula is C29H37N5O6. The highest BCUT2D eigenvalue weighted by molar-refractivity contribution is 5.89. The Morgan fingerprint density at radius 3 is 2.35 bits per heavy atom. The van der Waals surface area contributed by atoms with Gasteiger partial charge < -0.3 is 25.7 Å². The number of hydroxylamine groups is 1. The fourth-order valence-electron chi connectivity index (χ4n) is 4.19. The van der Waals surface area contributed by atoms with E-state index < -0.39 is 18.0 Å². The number of benzene rings is 2. The fraction of sp³-hybridized carbons (Fsp3) is 0.379. The summed E-state index contributed by atoms with van der Waals surface area (Å²) in [6.45, 7) is 0.819. The third-order valence-corrected chi connectivity index (χ3v) is 6.32. The van der Waals surface area contributed by atoms with Crippen molar-refractivity contribution >= 4 is 34.7 Å². The molecule has 40 heavy (non-hydrogen) atoms. The van der Waals surface area contributed by atoms with E-state index in [2.05, 4.69) is 20.9 Å². The Bertz CT molecular complexity index is 1250. The minimum absolute atomic E-state index is 0.129. The second kappa shape index (κ2) is 16.6. The number of hydrogen-bond acceptors (Lipinski definition) is 6. The molecule has 0 radical (unpaired) electrons. The summed E-state index contributed by atoms with van der Waals surface area (Å²) in [6, 6.07) is 16.3. The number of amides is 4. The number of rotatable bonds is 16. The van der Waals surface area contributed by atoms with Crippen molar-refractivity contribution in [1.82, 2.24) is 26.4 Å². The van der Waals surface area contributed by atoms with Crippen molar-refractivity contribution in [3.05, 3.63) is 71.9 Å². The molecule has 6 N–H and O–H groups in total. The van der Waals surface area contributed by atoms with Crippen LogP contribution in [0.5, 0.6) is 0 Å². The molecule has 0 bridgehead atoms. The van der Waals surface area contributed by atoms with Gasteiger partial charge in [-0.1, -0.05) is 55.0 Å². The topological polar surface area (TPSA) is 162 Å². The molecular weight excluding hydrogens is 514 g/mol. The number of unbranched alkanes of at least 4 members (excludes halogenated alkanes) is 2. The molecule has 11 nitrogen and oxygen atoms in total. The summed E-state index contributed by atoms with van der Waals surface area (Å²) in [6.07, 6.45) is 4.26. The van der Waals surface area contributed by atoms with Gasteiger partial charge in [-0.05, 0) is 36.5 Å². The van der Waals surface area contributed by atoms with Gasteiger partial charge in [0.2, 0.25) is 17.7 Å². The van der Waals surface area contributed by atoms with Gasteiger partial charge in [0.25, 0.3) is 0 Å². The van der Waals surface area contributed by atoms with Gasteiger partial charge in [-0.3, -0.25) is 19.6 Å². The molecule has 0 unspecified atom stereocenters. The van der Waals surface area contributed by atoms with Crippen LogP contribution in [0.2, 0.25) is 0 Å². The quantitative estimate of drug-likeness (QED) is 0.0911. The Morgan fingerprint density at radius 2 is 1.55 bits per heavy atom. The maximum Gasteiger partial charge on any atom is 0.407 e. The summed E-state index contributed by atoms with van der Waals surface area (Å²) in [7, 11) is 0. The number of aromatic amines is 1. The second-order valence-electron chi connectivity index (χ2n) is 9.41. The van der Waals surface area contributed by atoms with Gasteiger partial charge in [-0.15, -0.1) is 0 Å². The van der Waals surface area contributed by atoms with Gasteiger partial charge in [-0.25, -0.2) is 10.3 Å². The Balaban J connectivity index is 1.45. The van der Waals surface area contributed by atoms with Crippen molar-refractivity contribution < 1.29 is 29.1 Å². The lowest BCUT2D eigenvalue weighted by atomic mass is 10.0. The molecule has 11 heteroatoms. The molecule has 0 aliphatic rings. The van der Waals surface area contributed by atoms with Crippen LogP contribution in [0, 0.1) is 0 Å². The van der Waals surface area contributed by atoms with E-state index in [1.807, 2.05) is 60.8 Å². The average molecular weight is 552 g/mol. The fourth-order valence-corrected chi connectivity index (χ4v) is 4.19. The summed E-state index contributed by atoms with van der Waals surface area (Å²) in [5, 5.41) is 17.9. The summed E-state index contributed by atoms with van der Waals surface area (Å²) in [4.78, 5) is 51.9. The second-order valence-corrected chi connectivity index (χ2v) is 9.41. The van der Waals surface area contributed by atoms with Gasteiger partial charge in [0.15, 0.2) is 0 Å². The van der Waals surface area contributed by atoms with Gasteiger partial charge in [-0.2, -0.15) is 0 Å². The SMILES string of the molecule is O=C(CCCCCNC(=O)[C@H](Cc1c[nH]c2ccccc12)NC(=O)CCCNC(=O)OCc1ccccc1)NO. The number of carbonyl (C=O) groups is 4. The first-order valence-electron chi connectivity index (χ1n) is 13.5. The summed E-state index contributed by atoms with van der Waals surface area (Å²) >= 11 is 0. The Morgan fingerprint density at radius 1 is 0.825 bits per heavy atom. The van der Waals surface area contributed by atoms with Gasteiger partial charge in [0, 0.05) is 49.5 Å². The lowest BCUT2D eigenvalue weighted by molar-refractivity contribution is -0.129. The van der Waals surface area contributed by atoms with Crippen LogP contribution in [0.3, 0.4) is 0 Å². The predicted octanol–water partition coefficient (Wildman–Crippen LogP) is 3.08. The molecule has 3 rings (SSSR count). The van der Waals surface area contributed by atoms with Crippen molar-refractivity contribution in [2.75, 3.05) is 13.1 Å². The van der Waals surface area contributed by atoms with E-state index in [0.29, 0.717) is 38.6 Å². The Labute approximate surface area is 233 Å². The zero-order valence-electron chi connectivity index (χ0n) is 22.4. The Hall–Kier alpha value is -4.38. The van der Waals surface area contributed by atoms with E-state index in [-0.39, 0.29) is 37.8 Å². The zero-order valence-corrected chi connectivity index (χ0v) is 22.4. The van der Waals surface area contributed by atoms with Gasteiger partial charge in [0.1, 0.15) is 12.6 Å². The van der Waals surface area contributed by atoms with Crippen molar-refractivity contribution in [1.29, 1.82) is 0 Å². The maximum atomic E-state index is 13.0. The number of aromatic nitrogens is 1. The van der Waals surface area contributed by atoms with Crippen molar-refractivity contribution in [2.45, 2.75) is 57.6 Å². The third-order valence-electron chi connectivity index (χ3n) is 6.32. The highest BCUT2D eigenvalue weighted by atomic mass is 16.5. The number of fused-ring (bicyclic) bond motifs is 1. The minimum atomic E-state index is -0.782. The molecule has 214 valence electrons. The standard InChI is InChI=1S/C29H37N5O6/c35-26(15-9-17-31-29(38)40-20-21-10-3-1-4-11-21)33-25(18-22-19-32-24-13-7-6-12-23(22)24)28(37)30-16-8-2-5-14-27(36)34-39/h1,3-4,6-7,10-13,19,25,32,39H,2,5,8-9,14-18,20H2,(H,30,37)(H,31,38)(H,33,35)(H,34,36)/t25-/m0/s1. The lowest BCUT2D eigenvalue weighted by Gasteiger charge is -2.18. The van der Waals surface area contributed by atoms with Crippen molar-refractivity contribution in [3.8, 4) is 0 Å². The maximum absolute atomic E-state index is 13.0. The number of para-hydroxylation sites is 1. The molecule has 1 atom stereocenters. The van der Waals surface area contributed by atoms with E-state index in [9.17, 15) is 19.2 Å². The van der Waals surface area contributed by atoms with Crippen LogP contribution in [0.1, 0.15) is 49.7 Å². The van der Waals surface area contributed by atoms with Crippen LogP contribution in [0.4, 0.5) is 4.79 Å².